The molecule has 0 spiro atoms. The average molecular weight is 573 g/mol. The number of rotatable bonds is 11. The predicted octanol–water partition coefficient (Wildman–Crippen LogP) is 6.87. The fourth-order valence-corrected chi connectivity index (χ4v) is 4.64. The number of nitro benzene ring substituents is 1. The van der Waals surface area contributed by atoms with Gasteiger partial charge in [0.25, 0.3) is 5.56 Å². The summed E-state index contributed by atoms with van der Waals surface area (Å²) in [7, 11) is 0. The molecule has 0 fully saturated rings. The van der Waals surface area contributed by atoms with Crippen molar-refractivity contribution in [2.75, 3.05) is 13.2 Å². The van der Waals surface area contributed by atoms with Crippen molar-refractivity contribution in [3.63, 3.8) is 0 Å². The summed E-state index contributed by atoms with van der Waals surface area (Å²) in [6, 6.07) is 14.0. The van der Waals surface area contributed by atoms with Crippen LogP contribution in [0.15, 0.2) is 58.4 Å². The molecule has 0 aliphatic heterocycles. The van der Waals surface area contributed by atoms with Crippen LogP contribution in [-0.4, -0.2) is 40.1 Å². The lowest BCUT2D eigenvalue weighted by atomic mass is 9.96. The molecule has 0 radical (unpaired) electrons. The molecule has 0 bridgehead atoms. The molecule has 10 nitrogen and oxygen atoms in total. The van der Waals surface area contributed by atoms with E-state index in [1.807, 2.05) is 32.0 Å². The maximum absolute atomic E-state index is 13.8. The summed E-state index contributed by atoms with van der Waals surface area (Å²) >= 11 is 0. The second kappa shape index (κ2) is 12.8. The number of fused-ring (bicyclic) bond motifs is 1. The first kappa shape index (κ1) is 30.2. The number of para-hydroxylation sites is 1. The topological polar surface area (TPSA) is 118 Å². The molecule has 0 amide bonds. The quantitative estimate of drug-likeness (QED) is 0.109. The second-order valence-electron chi connectivity index (χ2n) is 10.3. The van der Waals surface area contributed by atoms with Gasteiger partial charge in [0.1, 0.15) is 5.75 Å². The number of nitrogens with zero attached hydrogens (tertiary/aromatic N) is 4. The van der Waals surface area contributed by atoms with E-state index in [1.54, 1.807) is 45.0 Å². The number of ether oxygens (including phenoxy) is 3. The number of benzene rings is 3. The third kappa shape index (κ3) is 6.27. The van der Waals surface area contributed by atoms with Crippen LogP contribution >= 0.6 is 0 Å². The lowest BCUT2D eigenvalue weighted by Crippen LogP contribution is -2.21. The van der Waals surface area contributed by atoms with Crippen molar-refractivity contribution in [2.24, 2.45) is 5.10 Å². The molecule has 4 rings (SSSR count). The van der Waals surface area contributed by atoms with Crippen molar-refractivity contribution in [1.29, 1.82) is 0 Å². The maximum atomic E-state index is 13.8. The summed E-state index contributed by atoms with van der Waals surface area (Å²) in [5, 5.41) is 16.9. The van der Waals surface area contributed by atoms with Gasteiger partial charge in [0.2, 0.25) is 5.75 Å². The first-order valence-electron chi connectivity index (χ1n) is 14.0. The first-order valence-corrected chi connectivity index (χ1v) is 14.0. The fourth-order valence-electron chi connectivity index (χ4n) is 4.64. The smallest absolute Gasteiger partial charge is 0.315 e. The van der Waals surface area contributed by atoms with E-state index in [0.717, 1.165) is 22.4 Å². The minimum atomic E-state index is -0.524. The molecule has 0 aliphatic rings. The van der Waals surface area contributed by atoms with Gasteiger partial charge in [-0.1, -0.05) is 26.0 Å². The van der Waals surface area contributed by atoms with Crippen molar-refractivity contribution in [2.45, 2.75) is 60.5 Å². The normalized spacial score (nSPS) is 11.5. The van der Waals surface area contributed by atoms with E-state index in [0.29, 0.717) is 28.9 Å². The Bertz CT molecular complexity index is 1710. The Morgan fingerprint density at radius 2 is 1.71 bits per heavy atom. The largest absolute Gasteiger partial charge is 0.494 e. The number of nitro groups is 1. The highest BCUT2D eigenvalue weighted by molar-refractivity contribution is 5.84. The van der Waals surface area contributed by atoms with Crippen molar-refractivity contribution < 1.29 is 19.1 Å². The van der Waals surface area contributed by atoms with Gasteiger partial charge in [0.15, 0.2) is 11.6 Å². The molecule has 0 N–H and O–H groups in total. The molecule has 0 aliphatic carbocycles. The molecule has 0 saturated heterocycles. The molecule has 10 heteroatoms. The van der Waals surface area contributed by atoms with Crippen LogP contribution in [0.3, 0.4) is 0 Å². The molecule has 1 aromatic heterocycles. The van der Waals surface area contributed by atoms with E-state index >= 15 is 0 Å². The molecule has 3 aromatic carbocycles. The van der Waals surface area contributed by atoms with Gasteiger partial charge >= 0.3 is 5.69 Å². The summed E-state index contributed by atoms with van der Waals surface area (Å²) in [6.45, 7) is 14.2. The van der Waals surface area contributed by atoms with E-state index in [9.17, 15) is 14.9 Å². The van der Waals surface area contributed by atoms with Crippen LogP contribution in [0.2, 0.25) is 0 Å². The number of aryl methyl sites for hydroxylation is 1. The van der Waals surface area contributed by atoms with Crippen LogP contribution in [0.5, 0.6) is 17.2 Å². The SMILES string of the molecule is CCOc1cc(C)c(-c2nc3ccccc3c(=O)n2N=Cc2cc(OCC)c(OC(C)C)c([N+](=O)[O-])c2)cc1C(C)C. The molecule has 0 unspecified atom stereocenters. The van der Waals surface area contributed by atoms with Gasteiger partial charge < -0.3 is 14.2 Å². The van der Waals surface area contributed by atoms with Crippen LogP contribution in [0.25, 0.3) is 22.3 Å². The Labute approximate surface area is 244 Å². The van der Waals surface area contributed by atoms with Gasteiger partial charge in [0, 0.05) is 17.2 Å². The zero-order chi connectivity index (χ0) is 30.6. The third-order valence-corrected chi connectivity index (χ3v) is 6.50. The number of hydrogen-bond acceptors (Lipinski definition) is 8. The number of hydrogen-bond donors (Lipinski definition) is 0. The standard InChI is InChI=1S/C32H36N4O6/c1-8-40-28-14-21(7)25(17-24(28)19(3)4)31-34-26-13-11-10-12-23(26)32(37)35(31)33-18-22-15-27(36(38)39)30(42-20(5)6)29(16-22)41-9-2/h10-20H,8-9H2,1-7H3. The Hall–Kier alpha value is -4.73. The second-order valence-corrected chi connectivity index (χ2v) is 10.3. The van der Waals surface area contributed by atoms with Gasteiger partial charge in [-0.05, 0) is 82.0 Å². The van der Waals surface area contributed by atoms with Crippen LogP contribution < -0.4 is 19.8 Å². The van der Waals surface area contributed by atoms with E-state index in [4.69, 9.17) is 19.2 Å². The van der Waals surface area contributed by atoms with Crippen molar-refractivity contribution in [3.8, 4) is 28.6 Å². The molecular formula is C32H36N4O6. The van der Waals surface area contributed by atoms with Crippen LogP contribution in [0.1, 0.15) is 64.2 Å². The van der Waals surface area contributed by atoms with Crippen molar-refractivity contribution in [1.82, 2.24) is 9.66 Å². The highest BCUT2D eigenvalue weighted by Crippen LogP contribution is 2.39. The van der Waals surface area contributed by atoms with E-state index < -0.39 is 4.92 Å². The molecule has 0 saturated carbocycles. The Morgan fingerprint density at radius 3 is 2.36 bits per heavy atom. The monoisotopic (exact) mass is 572 g/mol. The van der Waals surface area contributed by atoms with Crippen molar-refractivity contribution in [3.05, 3.63) is 85.7 Å². The minimum absolute atomic E-state index is 0.0467. The lowest BCUT2D eigenvalue weighted by molar-refractivity contribution is -0.386. The van der Waals surface area contributed by atoms with E-state index in [-0.39, 0.29) is 41.4 Å². The highest BCUT2D eigenvalue weighted by atomic mass is 16.6. The van der Waals surface area contributed by atoms with Crippen LogP contribution in [0.4, 0.5) is 5.69 Å². The maximum Gasteiger partial charge on any atom is 0.315 e. The molecular weight excluding hydrogens is 536 g/mol. The summed E-state index contributed by atoms with van der Waals surface area (Å²) < 4.78 is 18.6. The molecule has 1 heterocycles. The van der Waals surface area contributed by atoms with Gasteiger partial charge in [-0.3, -0.25) is 14.9 Å². The Balaban J connectivity index is 1.96. The minimum Gasteiger partial charge on any atom is -0.494 e. The zero-order valence-corrected chi connectivity index (χ0v) is 25.0. The van der Waals surface area contributed by atoms with Gasteiger partial charge in [-0.25, -0.2) is 4.98 Å². The molecule has 4 aromatic rings. The Kier molecular flexibility index (Phi) is 9.25. The zero-order valence-electron chi connectivity index (χ0n) is 25.0. The summed E-state index contributed by atoms with van der Waals surface area (Å²) in [6.07, 6.45) is 1.09. The summed E-state index contributed by atoms with van der Waals surface area (Å²) in [5.41, 5.74) is 2.83. The van der Waals surface area contributed by atoms with Crippen LogP contribution in [0, 0.1) is 17.0 Å². The van der Waals surface area contributed by atoms with Crippen LogP contribution in [-0.2, 0) is 0 Å². The van der Waals surface area contributed by atoms with Crippen molar-refractivity contribution >= 4 is 22.8 Å². The summed E-state index contributed by atoms with van der Waals surface area (Å²) in [5.74, 6) is 1.54. The highest BCUT2D eigenvalue weighted by Gasteiger charge is 2.24. The summed E-state index contributed by atoms with van der Waals surface area (Å²) in [4.78, 5) is 30.1. The molecule has 0 atom stereocenters. The van der Waals surface area contributed by atoms with E-state index in [2.05, 4.69) is 18.9 Å². The van der Waals surface area contributed by atoms with Gasteiger partial charge in [-0.2, -0.15) is 9.78 Å². The number of aromatic nitrogens is 2. The first-order chi connectivity index (χ1) is 20.0. The van der Waals surface area contributed by atoms with E-state index in [1.165, 1.54) is 17.0 Å². The molecule has 42 heavy (non-hydrogen) atoms. The predicted molar refractivity (Wildman–Crippen MR) is 164 cm³/mol. The third-order valence-electron chi connectivity index (χ3n) is 6.50. The average Bonchev–Trinajstić information content (AvgIpc) is 2.93. The van der Waals surface area contributed by atoms with Gasteiger partial charge in [0.05, 0.1) is 41.4 Å². The van der Waals surface area contributed by atoms with Gasteiger partial charge in [-0.15, -0.1) is 0 Å². The Morgan fingerprint density at radius 1 is 1.02 bits per heavy atom. The fraction of sp³-hybridized carbons (Fsp3) is 0.344. The lowest BCUT2D eigenvalue weighted by Gasteiger charge is -2.18. The molecule has 220 valence electrons.